The Balaban J connectivity index is 2.03. The molecule has 0 atom stereocenters. The molecule has 0 aliphatic rings. The second-order valence-electron chi connectivity index (χ2n) is 5.62. The largest absolute Gasteiger partial charge is 0.322 e. The average Bonchev–Trinajstić information content (AvgIpc) is 2.56. The lowest BCUT2D eigenvalue weighted by Gasteiger charge is -2.23. The summed E-state index contributed by atoms with van der Waals surface area (Å²) in [5.41, 5.74) is 3.14. The molecule has 3 heteroatoms. The fourth-order valence-electron chi connectivity index (χ4n) is 2.43. The predicted octanol–water partition coefficient (Wildman–Crippen LogP) is 5.03. The van der Waals surface area contributed by atoms with Gasteiger partial charge in [-0.1, -0.05) is 67.1 Å². The van der Waals surface area contributed by atoms with Gasteiger partial charge < -0.3 is 10.2 Å². The molecule has 3 nitrogen and oxygen atoms in total. The zero-order valence-electron chi connectivity index (χ0n) is 13.8. The summed E-state index contributed by atoms with van der Waals surface area (Å²) in [6, 6.07) is 19.7. The highest BCUT2D eigenvalue weighted by Gasteiger charge is 2.13. The molecule has 0 radical (unpaired) electrons. The molecule has 2 aromatic carbocycles. The third kappa shape index (κ3) is 5.62. The minimum atomic E-state index is -0.0566. The van der Waals surface area contributed by atoms with E-state index in [9.17, 15) is 4.79 Å². The Morgan fingerprint density at radius 2 is 1.65 bits per heavy atom. The molecule has 0 aliphatic heterocycles. The SMILES string of the molecule is CCCN(C/C(C)=C/c1ccccc1)C(=O)Nc1ccccc1. The first-order valence-electron chi connectivity index (χ1n) is 8.02. The van der Waals surface area contributed by atoms with Gasteiger partial charge in [0, 0.05) is 18.8 Å². The molecule has 0 fully saturated rings. The molecule has 1 N–H and O–H groups in total. The minimum Gasteiger partial charge on any atom is -0.321 e. The van der Waals surface area contributed by atoms with Gasteiger partial charge in [-0.15, -0.1) is 0 Å². The van der Waals surface area contributed by atoms with Crippen LogP contribution in [0.2, 0.25) is 0 Å². The Hall–Kier alpha value is -2.55. The van der Waals surface area contributed by atoms with Gasteiger partial charge in [0.2, 0.25) is 0 Å². The Labute approximate surface area is 138 Å². The molecule has 2 amide bonds. The molecule has 0 unspecified atom stereocenters. The van der Waals surface area contributed by atoms with Crippen LogP contribution in [0.25, 0.3) is 6.08 Å². The molecule has 0 heterocycles. The molecule has 120 valence electrons. The van der Waals surface area contributed by atoms with Crippen molar-refractivity contribution in [2.45, 2.75) is 20.3 Å². The summed E-state index contributed by atoms with van der Waals surface area (Å²) < 4.78 is 0. The fourth-order valence-corrected chi connectivity index (χ4v) is 2.43. The molecule has 0 saturated carbocycles. The lowest BCUT2D eigenvalue weighted by Crippen LogP contribution is -2.36. The van der Waals surface area contributed by atoms with Gasteiger partial charge in [0.25, 0.3) is 0 Å². The Bertz CT molecular complexity index is 635. The van der Waals surface area contributed by atoms with Crippen molar-refractivity contribution in [1.29, 1.82) is 0 Å². The van der Waals surface area contributed by atoms with Crippen LogP contribution in [0.15, 0.2) is 66.2 Å². The standard InChI is InChI=1S/C20H24N2O/c1-3-14-22(20(23)21-19-12-8-5-9-13-19)16-17(2)15-18-10-6-4-7-11-18/h4-13,15H,3,14,16H2,1-2H3,(H,21,23)/b17-15+. The fraction of sp³-hybridized carbons (Fsp3) is 0.250. The normalized spacial score (nSPS) is 11.1. The third-order valence-corrected chi connectivity index (χ3v) is 3.46. The summed E-state index contributed by atoms with van der Waals surface area (Å²) >= 11 is 0. The molecular formula is C20H24N2O. The second kappa shape index (κ2) is 8.79. The molecule has 0 aliphatic carbocycles. The number of nitrogens with one attached hydrogen (secondary N) is 1. The van der Waals surface area contributed by atoms with Gasteiger partial charge in [-0.2, -0.15) is 0 Å². The molecule has 2 rings (SSSR count). The number of rotatable bonds is 6. The number of carbonyl (C=O) groups excluding carboxylic acids is 1. The van der Waals surface area contributed by atoms with Crippen molar-refractivity contribution < 1.29 is 4.79 Å². The van der Waals surface area contributed by atoms with Crippen LogP contribution in [0, 0.1) is 0 Å². The smallest absolute Gasteiger partial charge is 0.321 e. The summed E-state index contributed by atoms with van der Waals surface area (Å²) in [6.07, 6.45) is 3.05. The van der Waals surface area contributed by atoms with E-state index >= 15 is 0 Å². The first kappa shape index (κ1) is 16.8. The molecule has 2 aromatic rings. The van der Waals surface area contributed by atoms with E-state index in [4.69, 9.17) is 0 Å². The highest BCUT2D eigenvalue weighted by molar-refractivity contribution is 5.89. The number of hydrogen-bond donors (Lipinski definition) is 1. The van der Waals surface area contributed by atoms with E-state index < -0.39 is 0 Å². The summed E-state index contributed by atoms with van der Waals surface area (Å²) in [5.74, 6) is 0. The molecule has 0 spiro atoms. The molecule has 0 aromatic heterocycles. The molecule has 23 heavy (non-hydrogen) atoms. The number of benzene rings is 2. The third-order valence-electron chi connectivity index (χ3n) is 3.46. The van der Waals surface area contributed by atoms with Gasteiger partial charge in [0.1, 0.15) is 0 Å². The van der Waals surface area contributed by atoms with Crippen LogP contribution < -0.4 is 5.32 Å². The minimum absolute atomic E-state index is 0.0566. The van der Waals surface area contributed by atoms with Gasteiger partial charge in [-0.05, 0) is 31.0 Å². The van der Waals surface area contributed by atoms with Crippen molar-refractivity contribution >= 4 is 17.8 Å². The zero-order chi connectivity index (χ0) is 16.5. The topological polar surface area (TPSA) is 32.3 Å². The Morgan fingerprint density at radius 1 is 1.04 bits per heavy atom. The van der Waals surface area contributed by atoms with E-state index in [0.29, 0.717) is 6.54 Å². The first-order valence-corrected chi connectivity index (χ1v) is 8.02. The number of nitrogens with zero attached hydrogens (tertiary/aromatic N) is 1. The second-order valence-corrected chi connectivity index (χ2v) is 5.62. The number of hydrogen-bond acceptors (Lipinski definition) is 1. The van der Waals surface area contributed by atoms with E-state index in [1.807, 2.05) is 53.4 Å². The van der Waals surface area contributed by atoms with Crippen LogP contribution in [0.5, 0.6) is 0 Å². The lowest BCUT2D eigenvalue weighted by atomic mass is 10.1. The highest BCUT2D eigenvalue weighted by Crippen LogP contribution is 2.11. The van der Waals surface area contributed by atoms with Crippen molar-refractivity contribution in [2.24, 2.45) is 0 Å². The van der Waals surface area contributed by atoms with Crippen LogP contribution in [0.4, 0.5) is 10.5 Å². The van der Waals surface area contributed by atoms with Gasteiger partial charge in [0.15, 0.2) is 0 Å². The zero-order valence-corrected chi connectivity index (χ0v) is 13.8. The lowest BCUT2D eigenvalue weighted by molar-refractivity contribution is 0.216. The highest BCUT2D eigenvalue weighted by atomic mass is 16.2. The summed E-state index contributed by atoms with van der Waals surface area (Å²) in [7, 11) is 0. The van der Waals surface area contributed by atoms with E-state index in [0.717, 1.165) is 29.8 Å². The summed E-state index contributed by atoms with van der Waals surface area (Å²) in [5, 5.41) is 2.96. The van der Waals surface area contributed by atoms with E-state index in [-0.39, 0.29) is 6.03 Å². The monoisotopic (exact) mass is 308 g/mol. The Kier molecular flexibility index (Phi) is 6.42. The molecule has 0 bridgehead atoms. The quantitative estimate of drug-likeness (QED) is 0.797. The number of carbonyl (C=O) groups is 1. The van der Waals surface area contributed by atoms with Crippen LogP contribution >= 0.6 is 0 Å². The van der Waals surface area contributed by atoms with Gasteiger partial charge in [-0.3, -0.25) is 0 Å². The summed E-state index contributed by atoms with van der Waals surface area (Å²) in [4.78, 5) is 14.3. The van der Waals surface area contributed by atoms with Crippen molar-refractivity contribution in [3.05, 3.63) is 71.8 Å². The van der Waals surface area contributed by atoms with Crippen LogP contribution in [0.3, 0.4) is 0 Å². The average molecular weight is 308 g/mol. The predicted molar refractivity (Wildman–Crippen MR) is 97.4 cm³/mol. The summed E-state index contributed by atoms with van der Waals surface area (Å²) in [6.45, 7) is 5.50. The molecular weight excluding hydrogens is 284 g/mol. The van der Waals surface area contributed by atoms with E-state index in [1.54, 1.807) is 0 Å². The number of anilines is 1. The van der Waals surface area contributed by atoms with E-state index in [2.05, 4.69) is 37.4 Å². The van der Waals surface area contributed by atoms with E-state index in [1.165, 1.54) is 0 Å². The number of amides is 2. The maximum atomic E-state index is 12.5. The Morgan fingerprint density at radius 3 is 2.26 bits per heavy atom. The van der Waals surface area contributed by atoms with Crippen molar-refractivity contribution in [1.82, 2.24) is 4.90 Å². The first-order chi connectivity index (χ1) is 11.2. The van der Waals surface area contributed by atoms with Crippen LogP contribution in [0.1, 0.15) is 25.8 Å². The maximum absolute atomic E-state index is 12.5. The van der Waals surface area contributed by atoms with Crippen molar-refractivity contribution in [3.63, 3.8) is 0 Å². The van der Waals surface area contributed by atoms with Gasteiger partial charge in [-0.25, -0.2) is 4.79 Å². The van der Waals surface area contributed by atoms with Crippen molar-refractivity contribution in [3.8, 4) is 0 Å². The van der Waals surface area contributed by atoms with Gasteiger partial charge >= 0.3 is 6.03 Å². The van der Waals surface area contributed by atoms with Crippen LogP contribution in [-0.2, 0) is 0 Å². The van der Waals surface area contributed by atoms with Crippen molar-refractivity contribution in [2.75, 3.05) is 18.4 Å². The molecule has 0 saturated heterocycles. The number of para-hydroxylation sites is 1. The maximum Gasteiger partial charge on any atom is 0.322 e. The van der Waals surface area contributed by atoms with Gasteiger partial charge in [0.05, 0.1) is 0 Å². The van der Waals surface area contributed by atoms with Crippen LogP contribution in [-0.4, -0.2) is 24.0 Å². The number of urea groups is 1.